The first-order valence-electron chi connectivity index (χ1n) is 5.53. The van der Waals surface area contributed by atoms with Gasteiger partial charge >= 0.3 is 6.18 Å². The number of rotatable bonds is 3. The normalized spacial score (nSPS) is 13.2. The van der Waals surface area contributed by atoms with Crippen LogP contribution in [0.3, 0.4) is 0 Å². The number of halogens is 4. The van der Waals surface area contributed by atoms with Crippen molar-refractivity contribution in [1.82, 2.24) is 5.32 Å². The number of amides is 1. The zero-order valence-corrected chi connectivity index (χ0v) is 10.4. The van der Waals surface area contributed by atoms with E-state index in [1.165, 1.54) is 19.9 Å². The highest BCUT2D eigenvalue weighted by atomic mass is 19.4. The Morgan fingerprint density at radius 2 is 2.00 bits per heavy atom. The van der Waals surface area contributed by atoms with Crippen LogP contribution in [0.4, 0.5) is 23.2 Å². The van der Waals surface area contributed by atoms with Crippen molar-refractivity contribution in [3.05, 3.63) is 29.1 Å². The minimum Gasteiger partial charge on any atom is -0.398 e. The summed E-state index contributed by atoms with van der Waals surface area (Å²) in [6.07, 6.45) is -5.52. The molecule has 3 N–H and O–H groups in total. The second kappa shape index (κ2) is 5.46. The lowest BCUT2D eigenvalue weighted by Gasteiger charge is -2.16. The molecule has 1 amide bonds. The third kappa shape index (κ3) is 4.42. The number of nitrogens with one attached hydrogen (secondary N) is 1. The first kappa shape index (κ1) is 15.3. The van der Waals surface area contributed by atoms with Gasteiger partial charge in [-0.15, -0.1) is 0 Å². The third-order valence-electron chi connectivity index (χ3n) is 2.56. The van der Waals surface area contributed by atoms with E-state index in [0.29, 0.717) is 0 Å². The molecular formula is C12H14F4N2O. The molecule has 19 heavy (non-hydrogen) atoms. The standard InChI is InChI=1S/C12H14F4N2O/c1-6(5-12(14,15)16)18-11(19)8-3-9(13)7(2)10(17)4-8/h3-4,6H,5,17H2,1-2H3,(H,18,19). The van der Waals surface area contributed by atoms with Gasteiger partial charge in [-0.3, -0.25) is 4.79 Å². The number of carbonyl (C=O) groups is 1. The van der Waals surface area contributed by atoms with E-state index in [0.717, 1.165) is 6.07 Å². The van der Waals surface area contributed by atoms with Crippen molar-refractivity contribution in [3.63, 3.8) is 0 Å². The van der Waals surface area contributed by atoms with E-state index in [1.54, 1.807) is 0 Å². The molecule has 0 saturated heterocycles. The van der Waals surface area contributed by atoms with E-state index in [4.69, 9.17) is 5.73 Å². The molecule has 1 unspecified atom stereocenters. The van der Waals surface area contributed by atoms with E-state index >= 15 is 0 Å². The Bertz CT molecular complexity index is 462. The van der Waals surface area contributed by atoms with E-state index in [2.05, 4.69) is 5.32 Å². The van der Waals surface area contributed by atoms with Crippen LogP contribution in [0.25, 0.3) is 0 Å². The van der Waals surface area contributed by atoms with Gasteiger partial charge < -0.3 is 11.1 Å². The number of hydrogen-bond donors (Lipinski definition) is 2. The average Bonchev–Trinajstić information content (AvgIpc) is 2.22. The zero-order chi connectivity index (χ0) is 14.8. The molecule has 0 radical (unpaired) electrons. The highest BCUT2D eigenvalue weighted by Crippen LogP contribution is 2.22. The first-order chi connectivity index (χ1) is 8.60. The fourth-order valence-corrected chi connectivity index (χ4v) is 1.54. The van der Waals surface area contributed by atoms with E-state index in [9.17, 15) is 22.4 Å². The number of benzene rings is 1. The summed E-state index contributed by atoms with van der Waals surface area (Å²) in [6, 6.07) is 1.08. The molecule has 7 heteroatoms. The number of nitrogens with two attached hydrogens (primary N) is 1. The van der Waals surface area contributed by atoms with Crippen LogP contribution in [0.2, 0.25) is 0 Å². The van der Waals surface area contributed by atoms with Crippen molar-refractivity contribution in [3.8, 4) is 0 Å². The molecule has 0 saturated carbocycles. The number of hydrogen-bond acceptors (Lipinski definition) is 2. The summed E-state index contributed by atoms with van der Waals surface area (Å²) in [7, 11) is 0. The van der Waals surface area contributed by atoms with Crippen LogP contribution in [0.1, 0.15) is 29.3 Å². The highest BCUT2D eigenvalue weighted by Gasteiger charge is 2.30. The fourth-order valence-electron chi connectivity index (χ4n) is 1.54. The molecule has 1 rings (SSSR count). The van der Waals surface area contributed by atoms with Crippen LogP contribution < -0.4 is 11.1 Å². The smallest absolute Gasteiger partial charge is 0.391 e. The van der Waals surface area contributed by atoms with Crippen LogP contribution in [0.15, 0.2) is 12.1 Å². The van der Waals surface area contributed by atoms with Crippen LogP contribution in [0.5, 0.6) is 0 Å². The van der Waals surface area contributed by atoms with Crippen molar-refractivity contribution in [2.45, 2.75) is 32.5 Å². The summed E-state index contributed by atoms with van der Waals surface area (Å²) in [6.45, 7) is 2.66. The summed E-state index contributed by atoms with van der Waals surface area (Å²) < 4.78 is 49.7. The topological polar surface area (TPSA) is 55.1 Å². The predicted octanol–water partition coefficient (Wildman–Crippen LogP) is 2.79. The van der Waals surface area contributed by atoms with Gasteiger partial charge in [0.05, 0.1) is 6.42 Å². The highest BCUT2D eigenvalue weighted by molar-refractivity contribution is 5.95. The fraction of sp³-hybridized carbons (Fsp3) is 0.417. The third-order valence-corrected chi connectivity index (χ3v) is 2.56. The minimum absolute atomic E-state index is 0.0774. The molecular weight excluding hydrogens is 264 g/mol. The van der Waals surface area contributed by atoms with Gasteiger partial charge in [-0.25, -0.2) is 4.39 Å². The van der Waals surface area contributed by atoms with Crippen molar-refractivity contribution in [2.24, 2.45) is 0 Å². The molecule has 0 aliphatic rings. The lowest BCUT2D eigenvalue weighted by molar-refractivity contribution is -0.138. The molecule has 3 nitrogen and oxygen atoms in total. The lowest BCUT2D eigenvalue weighted by Crippen LogP contribution is -2.36. The van der Waals surface area contributed by atoms with Gasteiger partial charge in [0.2, 0.25) is 0 Å². The molecule has 0 aliphatic heterocycles. The lowest BCUT2D eigenvalue weighted by atomic mass is 10.1. The van der Waals surface area contributed by atoms with E-state index in [-0.39, 0.29) is 16.8 Å². The van der Waals surface area contributed by atoms with E-state index in [1.807, 2.05) is 0 Å². The Kier molecular flexibility index (Phi) is 4.39. The van der Waals surface area contributed by atoms with Crippen LogP contribution in [0, 0.1) is 12.7 Å². The maximum Gasteiger partial charge on any atom is 0.391 e. The maximum absolute atomic E-state index is 13.4. The second-order valence-electron chi connectivity index (χ2n) is 4.37. The Balaban J connectivity index is 2.79. The maximum atomic E-state index is 13.4. The molecule has 1 aromatic rings. The Labute approximate surface area is 107 Å². The zero-order valence-electron chi connectivity index (χ0n) is 10.4. The largest absolute Gasteiger partial charge is 0.398 e. The molecule has 0 aromatic heterocycles. The first-order valence-corrected chi connectivity index (χ1v) is 5.53. The molecule has 0 bridgehead atoms. The SMILES string of the molecule is Cc1c(N)cc(C(=O)NC(C)CC(F)(F)F)cc1F. The second-order valence-corrected chi connectivity index (χ2v) is 4.37. The van der Waals surface area contributed by atoms with Crippen LogP contribution in [-0.4, -0.2) is 18.1 Å². The Morgan fingerprint density at radius 1 is 1.42 bits per heavy atom. The molecule has 0 aliphatic carbocycles. The molecule has 0 heterocycles. The monoisotopic (exact) mass is 278 g/mol. The van der Waals surface area contributed by atoms with Crippen molar-refractivity contribution >= 4 is 11.6 Å². The van der Waals surface area contributed by atoms with Crippen molar-refractivity contribution in [2.75, 3.05) is 5.73 Å². The van der Waals surface area contributed by atoms with Crippen molar-refractivity contribution in [1.29, 1.82) is 0 Å². The van der Waals surface area contributed by atoms with E-state index < -0.39 is 30.4 Å². The van der Waals surface area contributed by atoms with Gasteiger partial charge in [-0.05, 0) is 26.0 Å². The van der Waals surface area contributed by atoms with Gasteiger partial charge in [0, 0.05) is 22.9 Å². The number of anilines is 1. The van der Waals surface area contributed by atoms with Gasteiger partial charge in [0.25, 0.3) is 5.91 Å². The minimum atomic E-state index is -4.37. The predicted molar refractivity (Wildman–Crippen MR) is 63.1 cm³/mol. The van der Waals surface area contributed by atoms with Gasteiger partial charge in [-0.1, -0.05) is 0 Å². The summed E-state index contributed by atoms with van der Waals surface area (Å²) in [4.78, 5) is 11.7. The Hall–Kier alpha value is -1.79. The summed E-state index contributed by atoms with van der Waals surface area (Å²) in [5, 5.41) is 2.15. The van der Waals surface area contributed by atoms with Gasteiger partial charge in [0.15, 0.2) is 0 Å². The number of carbonyl (C=O) groups excluding carboxylic acids is 1. The molecule has 106 valence electrons. The summed E-state index contributed by atoms with van der Waals surface area (Å²) in [5.74, 6) is -1.46. The van der Waals surface area contributed by atoms with Crippen molar-refractivity contribution < 1.29 is 22.4 Å². The van der Waals surface area contributed by atoms with Crippen LogP contribution >= 0.6 is 0 Å². The van der Waals surface area contributed by atoms with Gasteiger partial charge in [-0.2, -0.15) is 13.2 Å². The van der Waals surface area contributed by atoms with Gasteiger partial charge in [0.1, 0.15) is 5.82 Å². The average molecular weight is 278 g/mol. The van der Waals surface area contributed by atoms with Crippen LogP contribution in [-0.2, 0) is 0 Å². The molecule has 1 atom stereocenters. The summed E-state index contributed by atoms with van der Waals surface area (Å²) in [5.41, 5.74) is 5.66. The number of nitrogen functional groups attached to an aromatic ring is 1. The number of alkyl halides is 3. The quantitative estimate of drug-likeness (QED) is 0.660. The molecule has 0 fully saturated rings. The summed E-state index contributed by atoms with van der Waals surface area (Å²) >= 11 is 0. The molecule has 1 aromatic carbocycles. The Morgan fingerprint density at radius 3 is 2.47 bits per heavy atom. The molecule has 0 spiro atoms.